The third-order valence-corrected chi connectivity index (χ3v) is 4.50. The highest BCUT2D eigenvalue weighted by molar-refractivity contribution is 5.73. The molecule has 0 bridgehead atoms. The lowest BCUT2D eigenvalue weighted by atomic mass is 10.00. The van der Waals surface area contributed by atoms with Gasteiger partial charge in [0, 0.05) is 31.7 Å². The van der Waals surface area contributed by atoms with Gasteiger partial charge in [0.05, 0.1) is 12.2 Å². The number of benzene rings is 1. The lowest BCUT2D eigenvalue weighted by Gasteiger charge is -2.45. The Balaban J connectivity index is 1.71. The van der Waals surface area contributed by atoms with Crippen molar-refractivity contribution in [3.63, 3.8) is 0 Å². The van der Waals surface area contributed by atoms with Crippen LogP contribution in [0.1, 0.15) is 33.3 Å². The van der Waals surface area contributed by atoms with Crippen molar-refractivity contribution in [2.24, 2.45) is 0 Å². The highest BCUT2D eigenvalue weighted by atomic mass is 16.5. The maximum atomic E-state index is 12.0. The fourth-order valence-electron chi connectivity index (χ4n) is 3.11. The molecular formula is C19H31N3O2. The smallest absolute Gasteiger partial charge is 0.314 e. The Morgan fingerprint density at radius 2 is 1.79 bits per heavy atom. The summed E-state index contributed by atoms with van der Waals surface area (Å²) in [5.41, 5.74) is 1.14. The van der Waals surface area contributed by atoms with Crippen molar-refractivity contribution < 1.29 is 9.53 Å². The molecule has 2 atom stereocenters. The summed E-state index contributed by atoms with van der Waals surface area (Å²) < 4.78 is 5.79. The summed E-state index contributed by atoms with van der Waals surface area (Å²) in [6.45, 7) is 11.6. The number of morpholine rings is 1. The lowest BCUT2D eigenvalue weighted by molar-refractivity contribution is -0.0947. The predicted octanol–water partition coefficient (Wildman–Crippen LogP) is 2.42. The highest BCUT2D eigenvalue weighted by Gasteiger charge is 2.33. The van der Waals surface area contributed by atoms with Crippen LogP contribution in [-0.2, 0) is 11.2 Å². The molecule has 0 radical (unpaired) electrons. The van der Waals surface area contributed by atoms with Gasteiger partial charge in [0.1, 0.15) is 0 Å². The molecule has 24 heavy (non-hydrogen) atoms. The minimum Gasteiger partial charge on any atom is -0.373 e. The van der Waals surface area contributed by atoms with Gasteiger partial charge < -0.3 is 15.4 Å². The Bertz CT molecular complexity index is 509. The molecule has 1 heterocycles. The Hall–Kier alpha value is -1.59. The second kappa shape index (κ2) is 8.49. The van der Waals surface area contributed by atoms with Gasteiger partial charge in [-0.25, -0.2) is 4.79 Å². The zero-order valence-electron chi connectivity index (χ0n) is 15.3. The van der Waals surface area contributed by atoms with Gasteiger partial charge in [-0.15, -0.1) is 0 Å². The van der Waals surface area contributed by atoms with Crippen LogP contribution in [0, 0.1) is 0 Å². The number of hydrogen-bond donors (Lipinski definition) is 2. The van der Waals surface area contributed by atoms with E-state index in [1.807, 2.05) is 18.2 Å². The van der Waals surface area contributed by atoms with Crippen LogP contribution in [0.3, 0.4) is 0 Å². The number of nitrogens with zero attached hydrogens (tertiary/aromatic N) is 1. The first-order chi connectivity index (χ1) is 11.4. The van der Waals surface area contributed by atoms with E-state index in [-0.39, 0.29) is 23.8 Å². The monoisotopic (exact) mass is 333 g/mol. The number of hydrogen-bond acceptors (Lipinski definition) is 3. The van der Waals surface area contributed by atoms with Crippen LogP contribution >= 0.6 is 0 Å². The van der Waals surface area contributed by atoms with E-state index in [1.165, 1.54) is 5.56 Å². The fraction of sp³-hybridized carbons (Fsp3) is 0.632. The van der Waals surface area contributed by atoms with Crippen molar-refractivity contribution in [1.29, 1.82) is 0 Å². The van der Waals surface area contributed by atoms with Crippen molar-refractivity contribution >= 4 is 6.03 Å². The minimum atomic E-state index is -0.103. The van der Waals surface area contributed by atoms with Gasteiger partial charge in [0.25, 0.3) is 0 Å². The van der Waals surface area contributed by atoms with E-state index in [0.29, 0.717) is 13.1 Å². The molecular weight excluding hydrogens is 302 g/mol. The first-order valence-corrected chi connectivity index (χ1v) is 8.83. The predicted molar refractivity (Wildman–Crippen MR) is 97.2 cm³/mol. The van der Waals surface area contributed by atoms with Crippen molar-refractivity contribution in [2.45, 2.75) is 51.9 Å². The molecule has 2 amide bonds. The van der Waals surface area contributed by atoms with E-state index in [0.717, 1.165) is 19.5 Å². The van der Waals surface area contributed by atoms with Crippen LogP contribution in [0.15, 0.2) is 30.3 Å². The van der Waals surface area contributed by atoms with E-state index in [1.54, 1.807) is 0 Å². The molecule has 134 valence electrons. The molecule has 1 fully saturated rings. The maximum absolute atomic E-state index is 12.0. The molecule has 0 unspecified atom stereocenters. The third kappa shape index (κ3) is 5.80. The molecule has 1 aromatic carbocycles. The Morgan fingerprint density at radius 1 is 1.17 bits per heavy atom. The van der Waals surface area contributed by atoms with E-state index in [9.17, 15) is 4.79 Å². The molecule has 1 aliphatic rings. The standard InChI is InChI=1S/C19H31N3O2/c1-15-12-22(13-16(2)24-15)19(3,4)14-21-18(23)20-11-10-17-8-6-5-7-9-17/h5-9,15-16H,10-14H2,1-4H3,(H2,20,21,23)/t15-,16-/m1/s1. The maximum Gasteiger partial charge on any atom is 0.314 e. The minimum absolute atomic E-state index is 0.0942. The summed E-state index contributed by atoms with van der Waals surface area (Å²) >= 11 is 0. The average Bonchev–Trinajstić information content (AvgIpc) is 2.53. The lowest BCUT2D eigenvalue weighted by Crippen LogP contribution is -2.59. The first-order valence-electron chi connectivity index (χ1n) is 8.83. The Morgan fingerprint density at radius 3 is 2.42 bits per heavy atom. The number of urea groups is 1. The van der Waals surface area contributed by atoms with E-state index < -0.39 is 0 Å². The van der Waals surface area contributed by atoms with Crippen LogP contribution in [0.4, 0.5) is 4.79 Å². The second-order valence-electron chi connectivity index (χ2n) is 7.32. The molecule has 1 aromatic rings. The number of rotatable bonds is 6. The first kappa shape index (κ1) is 18.7. The second-order valence-corrected chi connectivity index (χ2v) is 7.32. The molecule has 0 saturated carbocycles. The number of carbonyl (C=O) groups excluding carboxylic acids is 1. The van der Waals surface area contributed by atoms with Gasteiger partial charge in [0.15, 0.2) is 0 Å². The van der Waals surface area contributed by atoms with Crippen molar-refractivity contribution in [1.82, 2.24) is 15.5 Å². The van der Waals surface area contributed by atoms with E-state index >= 15 is 0 Å². The molecule has 1 saturated heterocycles. The van der Waals surface area contributed by atoms with Gasteiger partial charge >= 0.3 is 6.03 Å². The Labute approximate surface area is 145 Å². The number of nitrogens with one attached hydrogen (secondary N) is 2. The van der Waals surface area contributed by atoms with Crippen molar-refractivity contribution in [2.75, 3.05) is 26.2 Å². The quantitative estimate of drug-likeness (QED) is 0.841. The van der Waals surface area contributed by atoms with Crippen LogP contribution in [0.2, 0.25) is 0 Å². The van der Waals surface area contributed by atoms with Crippen LogP contribution < -0.4 is 10.6 Å². The average molecular weight is 333 g/mol. The molecule has 0 spiro atoms. The number of amides is 2. The van der Waals surface area contributed by atoms with Gasteiger partial charge in [0.2, 0.25) is 0 Å². The zero-order chi connectivity index (χ0) is 17.6. The fourth-order valence-corrected chi connectivity index (χ4v) is 3.11. The van der Waals surface area contributed by atoms with E-state index in [4.69, 9.17) is 4.74 Å². The summed E-state index contributed by atoms with van der Waals surface area (Å²) in [7, 11) is 0. The van der Waals surface area contributed by atoms with Gasteiger partial charge in [-0.1, -0.05) is 30.3 Å². The summed E-state index contributed by atoms with van der Waals surface area (Å²) in [6, 6.07) is 10.1. The van der Waals surface area contributed by atoms with Crippen molar-refractivity contribution in [3.8, 4) is 0 Å². The van der Waals surface area contributed by atoms with Crippen LogP contribution in [0.25, 0.3) is 0 Å². The molecule has 0 aliphatic carbocycles. The van der Waals surface area contributed by atoms with Crippen molar-refractivity contribution in [3.05, 3.63) is 35.9 Å². The molecule has 1 aliphatic heterocycles. The third-order valence-electron chi connectivity index (χ3n) is 4.50. The van der Waals surface area contributed by atoms with Gasteiger partial charge in [-0.05, 0) is 39.7 Å². The Kier molecular flexibility index (Phi) is 6.63. The SMILES string of the molecule is C[C@@H]1CN(C(C)(C)CNC(=O)NCCc2ccccc2)C[C@@H](C)O1. The molecule has 0 aromatic heterocycles. The van der Waals surface area contributed by atoms with Crippen LogP contribution in [0.5, 0.6) is 0 Å². The summed E-state index contributed by atoms with van der Waals surface area (Å²) in [5.74, 6) is 0. The summed E-state index contributed by atoms with van der Waals surface area (Å²) in [6.07, 6.45) is 1.30. The van der Waals surface area contributed by atoms with Gasteiger partial charge in [-0.3, -0.25) is 4.90 Å². The molecule has 2 rings (SSSR count). The largest absolute Gasteiger partial charge is 0.373 e. The summed E-state index contributed by atoms with van der Waals surface area (Å²) in [5, 5.41) is 5.93. The number of ether oxygens (including phenoxy) is 1. The molecule has 5 nitrogen and oxygen atoms in total. The zero-order valence-corrected chi connectivity index (χ0v) is 15.3. The normalized spacial score (nSPS) is 22.2. The highest BCUT2D eigenvalue weighted by Crippen LogP contribution is 2.20. The van der Waals surface area contributed by atoms with Gasteiger partial charge in [-0.2, -0.15) is 0 Å². The van der Waals surface area contributed by atoms with Crippen LogP contribution in [-0.4, -0.2) is 54.9 Å². The molecule has 2 N–H and O–H groups in total. The molecule has 5 heteroatoms. The topological polar surface area (TPSA) is 53.6 Å². The summed E-state index contributed by atoms with van der Waals surface area (Å²) in [4.78, 5) is 14.4. The number of carbonyl (C=O) groups is 1. The van der Waals surface area contributed by atoms with E-state index in [2.05, 4.69) is 55.4 Å².